The quantitative estimate of drug-likeness (QED) is 0.337. The Morgan fingerprint density at radius 3 is 2.36 bits per heavy atom. The SMILES string of the molecule is CCN(CC)S(=O)(=O)c1cc([N+](=O)[O-])ccc1NNC(=S)Nc1ccccc1. The number of nitrogens with zero attached hydrogens (tertiary/aromatic N) is 2. The summed E-state index contributed by atoms with van der Waals surface area (Å²) in [5, 5.41) is 14.2. The van der Waals surface area contributed by atoms with Crippen LogP contribution in [-0.2, 0) is 10.0 Å². The Bertz CT molecular complexity index is 947. The number of para-hydroxylation sites is 1. The van der Waals surface area contributed by atoms with Crippen LogP contribution >= 0.6 is 12.2 Å². The Kier molecular flexibility index (Phi) is 7.26. The summed E-state index contributed by atoms with van der Waals surface area (Å²) in [5.41, 5.74) is 6.01. The van der Waals surface area contributed by atoms with Gasteiger partial charge in [-0.05, 0) is 30.4 Å². The Morgan fingerprint density at radius 2 is 1.79 bits per heavy atom. The van der Waals surface area contributed by atoms with Crippen molar-refractivity contribution >= 4 is 44.4 Å². The third kappa shape index (κ3) is 5.15. The van der Waals surface area contributed by atoms with E-state index in [1.54, 1.807) is 13.8 Å². The molecular weight excluding hydrogens is 402 g/mol. The first-order valence-electron chi connectivity index (χ1n) is 8.46. The number of nitrogens with one attached hydrogen (secondary N) is 3. The maximum atomic E-state index is 12.9. The van der Waals surface area contributed by atoms with Crippen LogP contribution in [0.4, 0.5) is 17.1 Å². The summed E-state index contributed by atoms with van der Waals surface area (Å²) in [6.07, 6.45) is 0. The molecular formula is C17H21N5O4S2. The summed E-state index contributed by atoms with van der Waals surface area (Å²) < 4.78 is 27.0. The van der Waals surface area contributed by atoms with Crippen LogP contribution < -0.4 is 16.2 Å². The van der Waals surface area contributed by atoms with Crippen LogP contribution in [0, 0.1) is 10.1 Å². The number of rotatable bonds is 8. The summed E-state index contributed by atoms with van der Waals surface area (Å²) in [4.78, 5) is 10.3. The molecule has 0 saturated carbocycles. The van der Waals surface area contributed by atoms with Gasteiger partial charge < -0.3 is 5.32 Å². The second kappa shape index (κ2) is 9.44. The molecule has 11 heteroatoms. The summed E-state index contributed by atoms with van der Waals surface area (Å²) in [7, 11) is -3.93. The molecule has 0 unspecified atom stereocenters. The van der Waals surface area contributed by atoms with Crippen LogP contribution in [0.5, 0.6) is 0 Å². The zero-order valence-electron chi connectivity index (χ0n) is 15.4. The minimum atomic E-state index is -3.93. The summed E-state index contributed by atoms with van der Waals surface area (Å²) >= 11 is 5.18. The molecule has 2 rings (SSSR count). The zero-order chi connectivity index (χ0) is 20.7. The molecule has 0 aliphatic rings. The van der Waals surface area contributed by atoms with Gasteiger partial charge in [-0.15, -0.1) is 0 Å². The first-order valence-corrected chi connectivity index (χ1v) is 10.3. The third-order valence-corrected chi connectivity index (χ3v) is 6.14. The molecule has 0 aliphatic carbocycles. The van der Waals surface area contributed by atoms with Crippen LogP contribution in [0.25, 0.3) is 0 Å². The van der Waals surface area contributed by atoms with Gasteiger partial charge in [0.1, 0.15) is 4.90 Å². The molecule has 0 saturated heterocycles. The molecule has 0 heterocycles. The fourth-order valence-electron chi connectivity index (χ4n) is 2.45. The van der Waals surface area contributed by atoms with Gasteiger partial charge in [0, 0.05) is 30.9 Å². The van der Waals surface area contributed by atoms with Crippen molar-refractivity contribution in [1.29, 1.82) is 0 Å². The van der Waals surface area contributed by atoms with Crippen LogP contribution in [0.15, 0.2) is 53.4 Å². The van der Waals surface area contributed by atoms with Crippen molar-refractivity contribution in [2.75, 3.05) is 23.8 Å². The summed E-state index contributed by atoms with van der Waals surface area (Å²) in [6, 6.07) is 12.7. The van der Waals surface area contributed by atoms with E-state index >= 15 is 0 Å². The van der Waals surface area contributed by atoms with Gasteiger partial charge in [-0.25, -0.2) is 8.42 Å². The highest BCUT2D eigenvalue weighted by Crippen LogP contribution is 2.28. The second-order valence-corrected chi connectivity index (χ2v) is 7.91. The number of non-ortho nitro benzene ring substituents is 1. The smallest absolute Gasteiger partial charge is 0.270 e. The van der Waals surface area contributed by atoms with Gasteiger partial charge in [-0.1, -0.05) is 32.0 Å². The fourth-order valence-corrected chi connectivity index (χ4v) is 4.25. The van der Waals surface area contributed by atoms with Crippen LogP contribution in [0.3, 0.4) is 0 Å². The number of anilines is 2. The van der Waals surface area contributed by atoms with Crippen molar-refractivity contribution < 1.29 is 13.3 Å². The van der Waals surface area contributed by atoms with Gasteiger partial charge >= 0.3 is 0 Å². The van der Waals surface area contributed by atoms with Crippen molar-refractivity contribution in [3.8, 4) is 0 Å². The molecule has 0 aromatic heterocycles. The van der Waals surface area contributed by atoms with E-state index in [0.29, 0.717) is 0 Å². The van der Waals surface area contributed by atoms with Gasteiger partial charge in [0.2, 0.25) is 10.0 Å². The molecule has 150 valence electrons. The molecule has 28 heavy (non-hydrogen) atoms. The van der Waals surface area contributed by atoms with E-state index in [1.165, 1.54) is 16.4 Å². The predicted molar refractivity (Wildman–Crippen MR) is 113 cm³/mol. The first kappa shape index (κ1) is 21.5. The van der Waals surface area contributed by atoms with E-state index in [2.05, 4.69) is 16.2 Å². The molecule has 0 aliphatic heterocycles. The Balaban J connectivity index is 2.28. The lowest BCUT2D eigenvalue weighted by molar-refractivity contribution is -0.385. The zero-order valence-corrected chi connectivity index (χ0v) is 17.0. The molecule has 2 aromatic rings. The number of nitro benzene ring substituents is 1. The van der Waals surface area contributed by atoms with Gasteiger partial charge in [-0.2, -0.15) is 4.31 Å². The molecule has 0 radical (unpaired) electrons. The number of hydrogen-bond donors (Lipinski definition) is 3. The molecule has 2 aromatic carbocycles. The molecule has 0 spiro atoms. The van der Waals surface area contributed by atoms with Crippen LogP contribution in [-0.4, -0.2) is 35.8 Å². The fraction of sp³-hybridized carbons (Fsp3) is 0.235. The number of hydrogen-bond acceptors (Lipinski definition) is 6. The lowest BCUT2D eigenvalue weighted by Gasteiger charge is -2.21. The molecule has 9 nitrogen and oxygen atoms in total. The number of nitro groups is 1. The van der Waals surface area contributed by atoms with E-state index in [9.17, 15) is 18.5 Å². The molecule has 3 N–H and O–H groups in total. The van der Waals surface area contributed by atoms with Crippen molar-refractivity contribution in [3.05, 3.63) is 58.6 Å². The highest BCUT2D eigenvalue weighted by Gasteiger charge is 2.27. The molecule has 0 bridgehead atoms. The van der Waals surface area contributed by atoms with Gasteiger partial charge in [0.15, 0.2) is 5.11 Å². The minimum Gasteiger partial charge on any atom is -0.331 e. The van der Waals surface area contributed by atoms with Crippen molar-refractivity contribution in [1.82, 2.24) is 9.73 Å². The van der Waals surface area contributed by atoms with E-state index < -0.39 is 14.9 Å². The van der Waals surface area contributed by atoms with E-state index in [0.717, 1.165) is 11.8 Å². The van der Waals surface area contributed by atoms with Crippen molar-refractivity contribution in [3.63, 3.8) is 0 Å². The maximum absolute atomic E-state index is 12.9. The van der Waals surface area contributed by atoms with Crippen LogP contribution in [0.1, 0.15) is 13.8 Å². The average Bonchev–Trinajstić information content (AvgIpc) is 2.67. The van der Waals surface area contributed by atoms with E-state index in [-0.39, 0.29) is 34.5 Å². The van der Waals surface area contributed by atoms with Gasteiger partial charge in [0.05, 0.1) is 10.6 Å². The topological polar surface area (TPSA) is 117 Å². The largest absolute Gasteiger partial charge is 0.331 e. The number of hydrazine groups is 1. The maximum Gasteiger partial charge on any atom is 0.270 e. The Labute approximate surface area is 168 Å². The molecule has 0 amide bonds. The summed E-state index contributed by atoms with van der Waals surface area (Å²) in [5.74, 6) is 0. The van der Waals surface area contributed by atoms with E-state index in [4.69, 9.17) is 12.2 Å². The number of sulfonamides is 1. The third-order valence-electron chi connectivity index (χ3n) is 3.84. The lowest BCUT2D eigenvalue weighted by atomic mass is 10.3. The van der Waals surface area contributed by atoms with E-state index in [1.807, 2.05) is 30.3 Å². The highest BCUT2D eigenvalue weighted by molar-refractivity contribution is 7.89. The van der Waals surface area contributed by atoms with Crippen LogP contribution in [0.2, 0.25) is 0 Å². The average molecular weight is 424 g/mol. The highest BCUT2D eigenvalue weighted by atomic mass is 32.2. The van der Waals surface area contributed by atoms with Crippen molar-refractivity contribution in [2.24, 2.45) is 0 Å². The molecule has 0 atom stereocenters. The van der Waals surface area contributed by atoms with Gasteiger partial charge in [-0.3, -0.25) is 21.0 Å². The standard InChI is InChI=1S/C17H21N5O4S2/c1-3-21(4-2)28(25,26)16-12-14(22(23)24)10-11-15(16)19-20-17(27)18-13-8-6-5-7-9-13/h5-12,19H,3-4H2,1-2H3,(H2,18,20,27). The summed E-state index contributed by atoms with van der Waals surface area (Å²) in [6.45, 7) is 3.87. The van der Waals surface area contributed by atoms with Crippen molar-refractivity contribution in [2.45, 2.75) is 18.7 Å². The first-order chi connectivity index (χ1) is 13.3. The Hall–Kier alpha value is -2.76. The predicted octanol–water partition coefficient (Wildman–Crippen LogP) is 2.94. The van der Waals surface area contributed by atoms with Gasteiger partial charge in [0.25, 0.3) is 5.69 Å². The minimum absolute atomic E-state index is 0.148. The lowest BCUT2D eigenvalue weighted by Crippen LogP contribution is -2.35. The number of benzene rings is 2. The Morgan fingerprint density at radius 1 is 1.14 bits per heavy atom. The number of thiocarbonyl (C=S) groups is 1. The normalized spacial score (nSPS) is 11.1. The second-order valence-electron chi connectivity index (χ2n) is 5.60. The molecule has 0 fully saturated rings. The monoisotopic (exact) mass is 423 g/mol.